The van der Waals surface area contributed by atoms with Crippen LogP contribution in [0.1, 0.15) is 79.6 Å². The second-order valence-electron chi connectivity index (χ2n) is 18.4. The van der Waals surface area contributed by atoms with Crippen molar-refractivity contribution in [3.8, 4) is 0 Å². The maximum atomic E-state index is 14.3. The summed E-state index contributed by atoms with van der Waals surface area (Å²) in [6.07, 6.45) is -9.47. The lowest BCUT2D eigenvalue weighted by Gasteiger charge is -2.60. The minimum atomic E-state index is -5.06. The standard InChI is InChI=1S/C38H58O16S/c1-16-6-9-38(49-14-16)17(2)28-24(53-38)13-22-27-21(7-8-36(22,28)4)37(5)19(11-23(27)40)10-20(39)12-26(37)51-35-33(30(42)25(15-48-35)54-55(45,46)47)52-34-32(44)31(43)29(41)18(3)50-34/h11,16-18,20-22,24-35,39,41-44H,6-10,12-15H2,1-5H3,(H,45,46,47)/t16-,17-,18-,20+,21-,22+,24-,25-,26+,27-,28-,29-,30-,31+,32+,33+,34-,35-,36-,37-,38+/m0/s1. The normalized spacial score (nSPS) is 55.3. The third-order valence-corrected chi connectivity index (χ3v) is 15.8. The van der Waals surface area contributed by atoms with E-state index in [9.17, 15) is 43.3 Å². The van der Waals surface area contributed by atoms with Crippen molar-refractivity contribution in [2.45, 2.75) is 159 Å². The van der Waals surface area contributed by atoms with E-state index in [4.69, 9.17) is 28.4 Å². The molecule has 6 N–H and O–H groups in total. The third-order valence-electron chi connectivity index (χ3n) is 15.3. The Morgan fingerprint density at radius 3 is 2.31 bits per heavy atom. The third kappa shape index (κ3) is 6.60. The molecule has 0 aromatic carbocycles. The zero-order chi connectivity index (χ0) is 39.6. The summed E-state index contributed by atoms with van der Waals surface area (Å²) in [6.45, 7) is 10.4. The molecule has 17 heteroatoms. The van der Waals surface area contributed by atoms with Gasteiger partial charge in [0.15, 0.2) is 24.2 Å². The van der Waals surface area contributed by atoms with Gasteiger partial charge in [-0.05, 0) is 74.2 Å². The van der Waals surface area contributed by atoms with Gasteiger partial charge in [0.25, 0.3) is 0 Å². The van der Waals surface area contributed by atoms with Crippen LogP contribution in [0.3, 0.4) is 0 Å². The van der Waals surface area contributed by atoms with Gasteiger partial charge in [0.05, 0.1) is 37.6 Å². The van der Waals surface area contributed by atoms with Crippen molar-refractivity contribution in [3.63, 3.8) is 0 Å². The molecule has 0 amide bonds. The summed E-state index contributed by atoms with van der Waals surface area (Å²) in [5.74, 6) is -0.146. The van der Waals surface area contributed by atoms with E-state index in [2.05, 4.69) is 31.9 Å². The molecule has 16 nitrogen and oxygen atoms in total. The molecule has 7 fully saturated rings. The summed E-state index contributed by atoms with van der Waals surface area (Å²) in [5.41, 5.74) is -0.184. The highest BCUT2D eigenvalue weighted by Crippen LogP contribution is 2.70. The van der Waals surface area contributed by atoms with E-state index in [1.807, 2.05) is 0 Å². The average Bonchev–Trinajstić information content (AvgIpc) is 3.56. The second-order valence-corrected chi connectivity index (χ2v) is 19.4. The molecule has 55 heavy (non-hydrogen) atoms. The highest BCUT2D eigenvalue weighted by atomic mass is 32.3. The molecule has 0 aromatic rings. The van der Waals surface area contributed by atoms with Crippen LogP contribution >= 0.6 is 0 Å². The Balaban J connectivity index is 1.07. The number of ketones is 1. The first-order chi connectivity index (χ1) is 25.8. The second kappa shape index (κ2) is 14.2. The van der Waals surface area contributed by atoms with E-state index in [1.165, 1.54) is 6.92 Å². The van der Waals surface area contributed by atoms with Gasteiger partial charge in [0.1, 0.15) is 36.6 Å². The minimum Gasteiger partial charge on any atom is -0.393 e. The van der Waals surface area contributed by atoms with Crippen molar-refractivity contribution < 1.29 is 75.9 Å². The predicted molar refractivity (Wildman–Crippen MR) is 188 cm³/mol. The monoisotopic (exact) mass is 802 g/mol. The number of aliphatic hydroxyl groups excluding tert-OH is 5. The molecule has 4 saturated heterocycles. The Kier molecular flexibility index (Phi) is 10.5. The summed E-state index contributed by atoms with van der Waals surface area (Å²) in [6, 6.07) is 0. The molecule has 0 radical (unpaired) electrons. The minimum absolute atomic E-state index is 0.0315. The number of hydrogen-bond donors (Lipinski definition) is 6. The van der Waals surface area contributed by atoms with Crippen molar-refractivity contribution in [1.29, 1.82) is 0 Å². The molecule has 4 heterocycles. The number of carbonyl (C=O) groups excluding carboxylic acids is 1. The van der Waals surface area contributed by atoms with Gasteiger partial charge in [-0.2, -0.15) is 8.42 Å². The van der Waals surface area contributed by atoms with Crippen molar-refractivity contribution >= 4 is 16.2 Å². The Morgan fingerprint density at radius 1 is 0.873 bits per heavy atom. The van der Waals surface area contributed by atoms with Crippen LogP contribution in [0.2, 0.25) is 0 Å². The maximum Gasteiger partial charge on any atom is 0.397 e. The van der Waals surface area contributed by atoms with E-state index < -0.39 is 95.7 Å². The zero-order valence-corrected chi connectivity index (χ0v) is 32.8. The number of carbonyl (C=O) groups is 1. The zero-order valence-electron chi connectivity index (χ0n) is 32.0. The predicted octanol–water partition coefficient (Wildman–Crippen LogP) is 1.01. The molecule has 4 aliphatic heterocycles. The van der Waals surface area contributed by atoms with Crippen LogP contribution in [0.5, 0.6) is 0 Å². The van der Waals surface area contributed by atoms with Crippen molar-refractivity contribution in [2.75, 3.05) is 13.2 Å². The van der Waals surface area contributed by atoms with E-state index in [-0.39, 0.29) is 59.7 Å². The molecule has 312 valence electrons. The van der Waals surface area contributed by atoms with Crippen LogP contribution in [0.4, 0.5) is 0 Å². The fourth-order valence-corrected chi connectivity index (χ4v) is 12.8. The van der Waals surface area contributed by atoms with Gasteiger partial charge in [0.2, 0.25) is 0 Å². The SMILES string of the molecule is C[C@H]1CC[C@@]2(OC1)O[C@H]1C[C@@H]3[C@H]4C(=O)C=C5C[C@@H](O)C[C@@H](O[C@@H]6OC[C@H](OS(=O)(=O)O)[C@H](O)[C@H]6O[C@@H]6O[C@@H](C)[C@H](O)[C@@H](O)[C@H]6O)[C@]5(C)[C@H]4CC[C@]3(C)[C@H]1[C@@H]2C. The lowest BCUT2D eigenvalue weighted by atomic mass is 9.46. The molecule has 0 aromatic heterocycles. The first-order valence-electron chi connectivity index (χ1n) is 20.0. The van der Waals surface area contributed by atoms with Gasteiger partial charge in [-0.25, -0.2) is 4.18 Å². The molecule has 21 atom stereocenters. The van der Waals surface area contributed by atoms with Crippen molar-refractivity contribution in [2.24, 2.45) is 46.3 Å². The maximum absolute atomic E-state index is 14.3. The highest BCUT2D eigenvalue weighted by Gasteiger charge is 2.70. The smallest absolute Gasteiger partial charge is 0.393 e. The summed E-state index contributed by atoms with van der Waals surface area (Å²) in [7, 11) is -5.06. The Morgan fingerprint density at radius 2 is 1.62 bits per heavy atom. The number of aliphatic hydroxyl groups is 5. The quantitative estimate of drug-likeness (QED) is 0.206. The molecule has 0 bridgehead atoms. The average molecular weight is 803 g/mol. The van der Waals surface area contributed by atoms with Crippen LogP contribution < -0.4 is 0 Å². The first-order valence-corrected chi connectivity index (χ1v) is 21.3. The molecule has 0 unspecified atom stereocenters. The lowest BCUT2D eigenvalue weighted by molar-refractivity contribution is -0.361. The molecule has 4 aliphatic carbocycles. The van der Waals surface area contributed by atoms with Gasteiger partial charge in [-0.15, -0.1) is 0 Å². The molecule has 8 aliphatic rings. The van der Waals surface area contributed by atoms with E-state index in [0.717, 1.165) is 31.3 Å². The van der Waals surface area contributed by atoms with E-state index >= 15 is 0 Å². The highest BCUT2D eigenvalue weighted by molar-refractivity contribution is 7.80. The Bertz CT molecular complexity index is 1620. The summed E-state index contributed by atoms with van der Waals surface area (Å²) in [5, 5.41) is 54.1. The van der Waals surface area contributed by atoms with Crippen molar-refractivity contribution in [1.82, 2.24) is 0 Å². The lowest BCUT2D eigenvalue weighted by Crippen LogP contribution is -2.64. The van der Waals surface area contributed by atoms with E-state index in [0.29, 0.717) is 18.9 Å². The van der Waals surface area contributed by atoms with Gasteiger partial charge < -0.3 is 54.0 Å². The van der Waals surface area contributed by atoms with Crippen LogP contribution in [0.15, 0.2) is 11.6 Å². The fraction of sp³-hybridized carbons (Fsp3) is 0.921. The molecule has 3 saturated carbocycles. The molecule has 1 spiro atoms. The van der Waals surface area contributed by atoms with Gasteiger partial charge in [-0.3, -0.25) is 9.35 Å². The summed E-state index contributed by atoms with van der Waals surface area (Å²) in [4.78, 5) is 14.3. The number of fused-ring (bicyclic) bond motifs is 7. The van der Waals surface area contributed by atoms with Gasteiger partial charge in [0, 0.05) is 30.1 Å². The van der Waals surface area contributed by atoms with Crippen LogP contribution in [-0.4, -0.2) is 137 Å². The molecular weight excluding hydrogens is 744 g/mol. The number of ether oxygens (including phenoxy) is 6. The van der Waals surface area contributed by atoms with Gasteiger partial charge >= 0.3 is 10.4 Å². The van der Waals surface area contributed by atoms with E-state index in [1.54, 1.807) is 6.08 Å². The molecular formula is C38H58O16S. The largest absolute Gasteiger partial charge is 0.397 e. The topological polar surface area (TPSA) is 237 Å². The number of allylic oxidation sites excluding steroid dienone is 1. The van der Waals surface area contributed by atoms with Crippen LogP contribution in [0, 0.1) is 46.3 Å². The Labute approximate surface area is 321 Å². The van der Waals surface area contributed by atoms with Crippen LogP contribution in [0.25, 0.3) is 0 Å². The molecule has 8 rings (SSSR count). The summed E-state index contributed by atoms with van der Waals surface area (Å²) >= 11 is 0. The fourth-order valence-electron chi connectivity index (χ4n) is 12.3. The summed E-state index contributed by atoms with van der Waals surface area (Å²) < 4.78 is 75.1. The Hall–Kier alpha value is -1.16. The van der Waals surface area contributed by atoms with Gasteiger partial charge in [-0.1, -0.05) is 33.3 Å². The number of rotatable bonds is 6. The van der Waals surface area contributed by atoms with Crippen LogP contribution in [-0.2, 0) is 47.8 Å². The first kappa shape index (κ1) is 40.6. The number of hydrogen-bond acceptors (Lipinski definition) is 15. The van der Waals surface area contributed by atoms with Crippen molar-refractivity contribution in [3.05, 3.63) is 11.6 Å².